The van der Waals surface area contributed by atoms with Crippen molar-refractivity contribution in [2.75, 3.05) is 11.9 Å². The molecule has 0 amide bonds. The second kappa shape index (κ2) is 7.89. The van der Waals surface area contributed by atoms with Crippen molar-refractivity contribution in [3.05, 3.63) is 70.9 Å². The molecule has 4 rings (SSSR count). The fourth-order valence-corrected chi connectivity index (χ4v) is 4.56. The van der Waals surface area contributed by atoms with E-state index in [1.807, 2.05) is 0 Å². The fourth-order valence-electron chi connectivity index (χ4n) is 3.19. The third-order valence-corrected chi connectivity index (χ3v) is 6.48. The van der Waals surface area contributed by atoms with Crippen molar-refractivity contribution in [2.45, 2.75) is 26.4 Å². The molecule has 0 unspecified atom stereocenters. The van der Waals surface area contributed by atoms with Crippen LogP contribution >= 0.6 is 27.7 Å². The van der Waals surface area contributed by atoms with Crippen LogP contribution in [0.1, 0.15) is 30.0 Å². The number of hydrogen-bond acceptors (Lipinski definition) is 4. The standard InChI is InChI=1S/C21H21BrN2OS/c1-15-20(16-7-9-19(10-8-16)25-12-4-11-22)26-21-23-13-17-5-2-3-6-18(17)14-24(15)21/h2-3,5-10H,4,11-14H2,1H3. The van der Waals surface area contributed by atoms with E-state index in [2.05, 4.69) is 76.3 Å². The van der Waals surface area contributed by atoms with Crippen molar-refractivity contribution in [2.24, 2.45) is 4.99 Å². The molecule has 0 spiro atoms. The molecular weight excluding hydrogens is 408 g/mol. The summed E-state index contributed by atoms with van der Waals surface area (Å²) in [5.41, 5.74) is 5.19. The Kier molecular flexibility index (Phi) is 5.36. The number of benzene rings is 2. The number of rotatable bonds is 5. The molecule has 2 aromatic rings. The number of aliphatic imine (C=N–C) groups is 1. The van der Waals surface area contributed by atoms with E-state index in [9.17, 15) is 0 Å². The molecule has 0 aliphatic carbocycles. The number of nitrogens with zero attached hydrogens (tertiary/aromatic N) is 2. The molecular formula is C21H21BrN2OS. The Morgan fingerprint density at radius 2 is 1.88 bits per heavy atom. The zero-order valence-electron chi connectivity index (χ0n) is 14.7. The zero-order chi connectivity index (χ0) is 17.9. The first-order valence-corrected chi connectivity index (χ1v) is 10.8. The zero-order valence-corrected chi connectivity index (χ0v) is 17.1. The van der Waals surface area contributed by atoms with Crippen molar-refractivity contribution >= 4 is 37.8 Å². The molecule has 0 saturated heterocycles. The Morgan fingerprint density at radius 3 is 2.65 bits per heavy atom. The van der Waals surface area contributed by atoms with Crippen LogP contribution in [0.15, 0.2) is 59.2 Å². The minimum Gasteiger partial charge on any atom is -0.494 e. The van der Waals surface area contributed by atoms with Crippen molar-refractivity contribution in [1.82, 2.24) is 4.90 Å². The van der Waals surface area contributed by atoms with Gasteiger partial charge < -0.3 is 9.64 Å². The van der Waals surface area contributed by atoms with Gasteiger partial charge in [-0.1, -0.05) is 52.3 Å². The van der Waals surface area contributed by atoms with Gasteiger partial charge in [-0.2, -0.15) is 0 Å². The number of hydrogen-bond donors (Lipinski definition) is 0. The maximum absolute atomic E-state index is 5.75. The molecule has 2 aliphatic rings. The first-order chi connectivity index (χ1) is 12.8. The Hall–Kier alpha value is -1.72. The summed E-state index contributed by atoms with van der Waals surface area (Å²) in [5.74, 6) is 0.928. The second-order valence-electron chi connectivity index (χ2n) is 6.39. The largest absolute Gasteiger partial charge is 0.494 e. The normalized spacial score (nSPS) is 16.1. The second-order valence-corrected chi connectivity index (χ2v) is 8.16. The first-order valence-electron chi connectivity index (χ1n) is 8.83. The van der Waals surface area contributed by atoms with Crippen LogP contribution in [0.4, 0.5) is 0 Å². The summed E-state index contributed by atoms with van der Waals surface area (Å²) in [5, 5.41) is 2.07. The average Bonchev–Trinajstić information content (AvgIpc) is 2.87. The summed E-state index contributed by atoms with van der Waals surface area (Å²) in [6.45, 7) is 4.59. The first kappa shape index (κ1) is 17.7. The summed E-state index contributed by atoms with van der Waals surface area (Å²) in [6.07, 6.45) is 1.01. The fraction of sp³-hybridized carbons (Fsp3) is 0.286. The third kappa shape index (κ3) is 3.55. The summed E-state index contributed by atoms with van der Waals surface area (Å²) >= 11 is 5.20. The van der Waals surface area contributed by atoms with Crippen LogP contribution < -0.4 is 4.74 Å². The smallest absolute Gasteiger partial charge is 0.169 e. The molecule has 2 heterocycles. The van der Waals surface area contributed by atoms with Crippen LogP contribution in [0.2, 0.25) is 0 Å². The highest BCUT2D eigenvalue weighted by Crippen LogP contribution is 2.43. The molecule has 3 nitrogen and oxygen atoms in total. The van der Waals surface area contributed by atoms with Gasteiger partial charge in [-0.25, -0.2) is 0 Å². The molecule has 2 aromatic carbocycles. The van der Waals surface area contributed by atoms with Gasteiger partial charge in [0, 0.05) is 15.9 Å². The number of amidine groups is 1. The van der Waals surface area contributed by atoms with Crippen molar-refractivity contribution in [1.29, 1.82) is 0 Å². The predicted octanol–water partition coefficient (Wildman–Crippen LogP) is 5.66. The molecule has 5 heteroatoms. The van der Waals surface area contributed by atoms with E-state index in [-0.39, 0.29) is 0 Å². The number of ether oxygens (including phenoxy) is 1. The van der Waals surface area contributed by atoms with E-state index >= 15 is 0 Å². The van der Waals surface area contributed by atoms with Gasteiger partial charge in [0.15, 0.2) is 5.17 Å². The Balaban J connectivity index is 1.55. The molecule has 26 heavy (non-hydrogen) atoms. The quantitative estimate of drug-likeness (QED) is 0.453. The Labute approximate surface area is 167 Å². The lowest BCUT2D eigenvalue weighted by Crippen LogP contribution is -2.21. The molecule has 0 bridgehead atoms. The van der Waals surface area contributed by atoms with Gasteiger partial charge in [-0.05, 0) is 53.9 Å². The minimum absolute atomic E-state index is 0.741. The third-order valence-electron chi connectivity index (χ3n) is 4.65. The van der Waals surface area contributed by atoms with E-state index in [0.717, 1.165) is 42.4 Å². The molecule has 0 aromatic heterocycles. The maximum atomic E-state index is 5.75. The van der Waals surface area contributed by atoms with Gasteiger partial charge in [0.25, 0.3) is 0 Å². The summed E-state index contributed by atoms with van der Waals surface area (Å²) in [4.78, 5) is 8.48. The van der Waals surface area contributed by atoms with Gasteiger partial charge in [0.1, 0.15) is 5.75 Å². The number of halogens is 1. The summed E-state index contributed by atoms with van der Waals surface area (Å²) < 4.78 is 5.75. The molecule has 0 atom stereocenters. The topological polar surface area (TPSA) is 24.8 Å². The van der Waals surface area contributed by atoms with Crippen LogP contribution in [0.25, 0.3) is 4.91 Å². The van der Waals surface area contributed by atoms with Gasteiger partial charge in [0.2, 0.25) is 0 Å². The van der Waals surface area contributed by atoms with Crippen molar-refractivity contribution < 1.29 is 4.74 Å². The van der Waals surface area contributed by atoms with E-state index in [1.165, 1.54) is 27.3 Å². The van der Waals surface area contributed by atoms with E-state index in [4.69, 9.17) is 9.73 Å². The SMILES string of the molecule is CC1=C(c2ccc(OCCCBr)cc2)SC2=NCc3ccccc3CN21. The lowest BCUT2D eigenvalue weighted by atomic mass is 10.1. The predicted molar refractivity (Wildman–Crippen MR) is 114 cm³/mol. The van der Waals surface area contributed by atoms with E-state index in [0.29, 0.717) is 0 Å². The number of fused-ring (bicyclic) bond motifs is 2. The van der Waals surface area contributed by atoms with Gasteiger partial charge in [-0.15, -0.1) is 0 Å². The molecule has 134 valence electrons. The molecule has 0 radical (unpaired) electrons. The average molecular weight is 429 g/mol. The highest BCUT2D eigenvalue weighted by atomic mass is 79.9. The van der Waals surface area contributed by atoms with Crippen LogP contribution in [0, 0.1) is 0 Å². The summed E-state index contributed by atoms with van der Waals surface area (Å²) in [6, 6.07) is 17.0. The summed E-state index contributed by atoms with van der Waals surface area (Å²) in [7, 11) is 0. The molecule has 0 saturated carbocycles. The van der Waals surface area contributed by atoms with Crippen molar-refractivity contribution in [3.8, 4) is 5.75 Å². The van der Waals surface area contributed by atoms with Crippen LogP contribution in [0.5, 0.6) is 5.75 Å². The van der Waals surface area contributed by atoms with E-state index in [1.54, 1.807) is 11.8 Å². The van der Waals surface area contributed by atoms with Gasteiger partial charge in [-0.3, -0.25) is 4.99 Å². The maximum Gasteiger partial charge on any atom is 0.169 e. The monoisotopic (exact) mass is 428 g/mol. The Morgan fingerprint density at radius 1 is 1.12 bits per heavy atom. The number of alkyl halides is 1. The molecule has 2 aliphatic heterocycles. The highest BCUT2D eigenvalue weighted by Gasteiger charge is 2.29. The number of allylic oxidation sites excluding steroid dienone is 1. The van der Waals surface area contributed by atoms with Crippen LogP contribution in [-0.4, -0.2) is 22.0 Å². The van der Waals surface area contributed by atoms with Crippen molar-refractivity contribution in [3.63, 3.8) is 0 Å². The minimum atomic E-state index is 0.741. The van der Waals surface area contributed by atoms with E-state index < -0.39 is 0 Å². The molecule has 0 N–H and O–H groups in total. The van der Waals surface area contributed by atoms with Crippen LogP contribution in [0.3, 0.4) is 0 Å². The van der Waals surface area contributed by atoms with Gasteiger partial charge >= 0.3 is 0 Å². The van der Waals surface area contributed by atoms with Gasteiger partial charge in [0.05, 0.1) is 19.7 Å². The Bertz CT molecular complexity index is 861. The number of thioether (sulfide) groups is 1. The van der Waals surface area contributed by atoms with Crippen LogP contribution in [-0.2, 0) is 13.1 Å². The lowest BCUT2D eigenvalue weighted by molar-refractivity contribution is 0.319. The highest BCUT2D eigenvalue weighted by molar-refractivity contribution is 9.09. The molecule has 0 fully saturated rings. The lowest BCUT2D eigenvalue weighted by Gasteiger charge is -2.19.